The molecule has 14 heteroatoms. The van der Waals surface area contributed by atoms with Crippen molar-refractivity contribution in [1.82, 2.24) is 21.3 Å². The molecule has 0 saturated heterocycles. The molecule has 0 radical (unpaired) electrons. The van der Waals surface area contributed by atoms with E-state index in [0.717, 1.165) is 5.56 Å². The average Bonchev–Trinajstić information content (AvgIpc) is 2.84. The van der Waals surface area contributed by atoms with Gasteiger partial charge in [-0.15, -0.1) is 0 Å². The standard InChI is InChI=1S/C35H52N6O8/c1-32(2,3)46-28(42)38-26(39-29(43)47-33(4,5)6)36-24-17-13-15-22(20-24)19-23-16-14-18-25(21-23)37-27(40-30(44)48-34(7,8)9)41-31(45)49-35(10,11)12/h13-15,17-18,20-21,23H,16,19H2,1-12H3,(H2,36,38,39,42,43)(H2,37,40,41,44,45). The van der Waals surface area contributed by atoms with Crippen LogP contribution in [0.3, 0.4) is 0 Å². The van der Waals surface area contributed by atoms with E-state index in [0.29, 0.717) is 24.2 Å². The first kappa shape index (κ1) is 40.3. The molecular formula is C35H52N6O8. The minimum absolute atomic E-state index is 0.00784. The van der Waals surface area contributed by atoms with Gasteiger partial charge < -0.3 is 18.9 Å². The molecule has 0 bridgehead atoms. The van der Waals surface area contributed by atoms with Crippen LogP contribution < -0.4 is 21.3 Å². The molecule has 1 aromatic carbocycles. The van der Waals surface area contributed by atoms with Gasteiger partial charge in [-0.3, -0.25) is 21.3 Å². The molecule has 0 spiro atoms. The molecule has 0 fully saturated rings. The van der Waals surface area contributed by atoms with Gasteiger partial charge in [-0.1, -0.05) is 24.3 Å². The number of nitrogens with one attached hydrogen (secondary N) is 4. The molecule has 14 nitrogen and oxygen atoms in total. The van der Waals surface area contributed by atoms with Crippen molar-refractivity contribution in [3.8, 4) is 0 Å². The molecule has 1 aliphatic carbocycles. The van der Waals surface area contributed by atoms with Gasteiger partial charge in [0.25, 0.3) is 0 Å². The molecule has 0 heterocycles. The first-order valence-corrected chi connectivity index (χ1v) is 16.0. The van der Waals surface area contributed by atoms with Crippen LogP contribution in [0.15, 0.2) is 58.2 Å². The summed E-state index contributed by atoms with van der Waals surface area (Å²) in [4.78, 5) is 59.0. The van der Waals surface area contributed by atoms with Crippen LogP contribution in [0.4, 0.5) is 24.9 Å². The van der Waals surface area contributed by atoms with E-state index in [1.807, 2.05) is 30.4 Å². The number of hydrogen-bond donors (Lipinski definition) is 4. The molecule has 4 N–H and O–H groups in total. The molecule has 49 heavy (non-hydrogen) atoms. The highest BCUT2D eigenvalue weighted by Crippen LogP contribution is 2.24. The van der Waals surface area contributed by atoms with Crippen LogP contribution in [0.1, 0.15) is 95.1 Å². The fraction of sp³-hybridized carbons (Fsp3) is 0.543. The Labute approximate surface area is 289 Å². The molecule has 1 unspecified atom stereocenters. The fourth-order valence-corrected chi connectivity index (χ4v) is 4.03. The van der Waals surface area contributed by atoms with Crippen LogP contribution in [0.2, 0.25) is 0 Å². The molecule has 1 atom stereocenters. The third-order valence-corrected chi connectivity index (χ3v) is 5.50. The number of carbonyl (C=O) groups is 4. The van der Waals surface area contributed by atoms with Gasteiger partial charge >= 0.3 is 24.4 Å². The van der Waals surface area contributed by atoms with Crippen LogP contribution >= 0.6 is 0 Å². The van der Waals surface area contributed by atoms with Gasteiger partial charge in [0.05, 0.1) is 11.4 Å². The highest BCUT2D eigenvalue weighted by atomic mass is 16.6. The first-order valence-electron chi connectivity index (χ1n) is 16.0. The predicted molar refractivity (Wildman–Crippen MR) is 187 cm³/mol. The molecule has 1 aromatic rings. The van der Waals surface area contributed by atoms with Crippen LogP contribution in [0.25, 0.3) is 0 Å². The number of amides is 4. The van der Waals surface area contributed by atoms with Crippen molar-refractivity contribution in [1.29, 1.82) is 0 Å². The molecule has 1 aliphatic rings. The van der Waals surface area contributed by atoms with E-state index < -0.39 is 46.8 Å². The smallest absolute Gasteiger partial charge is 0.414 e. The topological polar surface area (TPSA) is 178 Å². The maximum atomic E-state index is 12.5. The number of hydrogen-bond acceptors (Lipinski definition) is 10. The van der Waals surface area contributed by atoms with Gasteiger partial charge in [-0.05, 0) is 126 Å². The summed E-state index contributed by atoms with van der Waals surface area (Å²) >= 11 is 0. The van der Waals surface area contributed by atoms with Gasteiger partial charge in [0.2, 0.25) is 11.9 Å². The van der Waals surface area contributed by atoms with E-state index in [1.54, 1.807) is 95.2 Å². The van der Waals surface area contributed by atoms with Crippen molar-refractivity contribution < 1.29 is 38.1 Å². The zero-order valence-corrected chi connectivity index (χ0v) is 30.7. The van der Waals surface area contributed by atoms with E-state index in [9.17, 15) is 19.2 Å². The Hall–Kier alpha value is -4.88. The molecule has 0 aromatic heterocycles. The van der Waals surface area contributed by atoms with Crippen LogP contribution in [0, 0.1) is 5.92 Å². The zero-order chi connectivity index (χ0) is 37.2. The van der Waals surface area contributed by atoms with Gasteiger partial charge in [-0.25, -0.2) is 29.2 Å². The predicted octanol–water partition coefficient (Wildman–Crippen LogP) is 7.13. The third-order valence-electron chi connectivity index (χ3n) is 5.50. The van der Waals surface area contributed by atoms with Crippen molar-refractivity contribution >= 4 is 42.0 Å². The number of carbonyl (C=O) groups excluding carboxylic acids is 4. The number of alkyl carbamates (subject to hydrolysis) is 4. The van der Waals surface area contributed by atoms with Gasteiger partial charge in [-0.2, -0.15) is 0 Å². The maximum Gasteiger partial charge on any atom is 0.414 e. The second kappa shape index (κ2) is 16.5. The Balaban J connectivity index is 2.32. The van der Waals surface area contributed by atoms with Crippen molar-refractivity contribution in [2.45, 2.75) is 118 Å². The normalized spacial score (nSPS) is 14.7. The molecule has 2 rings (SSSR count). The number of allylic oxidation sites excluding steroid dienone is 3. The molecule has 0 aliphatic heterocycles. The van der Waals surface area contributed by atoms with Gasteiger partial charge in [0.1, 0.15) is 22.4 Å². The summed E-state index contributed by atoms with van der Waals surface area (Å²) in [6, 6.07) is 7.28. The first-order chi connectivity index (χ1) is 22.3. The number of guanidine groups is 2. The highest BCUT2D eigenvalue weighted by molar-refractivity contribution is 6.03. The molecule has 4 amide bonds. The Morgan fingerprint density at radius 3 is 1.47 bits per heavy atom. The largest absolute Gasteiger partial charge is 0.444 e. The van der Waals surface area contributed by atoms with E-state index in [1.165, 1.54) is 0 Å². The summed E-state index contributed by atoms with van der Waals surface area (Å²) in [6.45, 7) is 20.6. The fourth-order valence-electron chi connectivity index (χ4n) is 4.03. The Bertz CT molecular complexity index is 1420. The lowest BCUT2D eigenvalue weighted by Gasteiger charge is -2.22. The monoisotopic (exact) mass is 684 g/mol. The summed E-state index contributed by atoms with van der Waals surface area (Å²) in [5, 5.41) is 9.94. The Kier molecular flexibility index (Phi) is 13.6. The third kappa shape index (κ3) is 18.3. The van der Waals surface area contributed by atoms with Crippen molar-refractivity contribution in [3.63, 3.8) is 0 Å². The summed E-state index contributed by atoms with van der Waals surface area (Å²) in [5.41, 5.74) is -1.22. The van der Waals surface area contributed by atoms with E-state index in [2.05, 4.69) is 31.3 Å². The van der Waals surface area contributed by atoms with Crippen LogP contribution in [-0.4, -0.2) is 58.7 Å². The zero-order valence-electron chi connectivity index (χ0n) is 30.7. The van der Waals surface area contributed by atoms with E-state index in [-0.39, 0.29) is 17.8 Å². The molecule has 0 saturated carbocycles. The van der Waals surface area contributed by atoms with Crippen molar-refractivity contribution in [2.75, 3.05) is 0 Å². The molecule has 270 valence electrons. The second-order valence-electron chi connectivity index (χ2n) is 15.3. The number of aliphatic imine (C=N–C) groups is 2. The quantitative estimate of drug-likeness (QED) is 0.147. The summed E-state index contributed by atoms with van der Waals surface area (Å²) in [5.74, 6) is -0.328. The van der Waals surface area contributed by atoms with E-state index in [4.69, 9.17) is 18.9 Å². The minimum atomic E-state index is -0.799. The van der Waals surface area contributed by atoms with Crippen LogP contribution in [-0.2, 0) is 25.4 Å². The Morgan fingerprint density at radius 2 is 1.06 bits per heavy atom. The molecular weight excluding hydrogens is 632 g/mol. The maximum absolute atomic E-state index is 12.5. The lowest BCUT2D eigenvalue weighted by Crippen LogP contribution is -2.47. The number of nitrogens with zero attached hydrogens (tertiary/aromatic N) is 2. The van der Waals surface area contributed by atoms with Crippen molar-refractivity contribution in [3.05, 3.63) is 53.8 Å². The minimum Gasteiger partial charge on any atom is -0.444 e. The average molecular weight is 685 g/mol. The summed E-state index contributed by atoms with van der Waals surface area (Å²) in [6.07, 6.45) is 3.74. The Morgan fingerprint density at radius 1 is 0.653 bits per heavy atom. The number of rotatable bonds is 4. The van der Waals surface area contributed by atoms with Gasteiger partial charge in [0, 0.05) is 0 Å². The summed E-state index contributed by atoms with van der Waals surface area (Å²) in [7, 11) is 0. The SMILES string of the molecule is CC(C)(C)OC(=O)NC(=NC1=CC(Cc2cccc(N=C(NC(=O)OC(C)(C)C)NC(=O)OC(C)(C)C)c2)CC=C1)NC(=O)OC(C)(C)C. The summed E-state index contributed by atoms with van der Waals surface area (Å²) < 4.78 is 21.3. The van der Waals surface area contributed by atoms with Crippen LogP contribution in [0.5, 0.6) is 0 Å². The lowest BCUT2D eigenvalue weighted by atomic mass is 9.92. The highest BCUT2D eigenvalue weighted by Gasteiger charge is 2.23. The number of ether oxygens (including phenoxy) is 4. The number of benzene rings is 1. The van der Waals surface area contributed by atoms with Gasteiger partial charge in [0.15, 0.2) is 0 Å². The second-order valence-corrected chi connectivity index (χ2v) is 15.3. The van der Waals surface area contributed by atoms with Crippen molar-refractivity contribution in [2.24, 2.45) is 15.9 Å². The van der Waals surface area contributed by atoms with E-state index >= 15 is 0 Å². The lowest BCUT2D eigenvalue weighted by molar-refractivity contribution is 0.0521.